The van der Waals surface area contributed by atoms with Gasteiger partial charge < -0.3 is 10.4 Å². The molecule has 1 amide bonds. The number of nitrogens with one attached hydrogen (secondary N) is 1. The zero-order valence-electron chi connectivity index (χ0n) is 8.39. The lowest BCUT2D eigenvalue weighted by Crippen LogP contribution is -2.05. The molecule has 84 valence electrons. The SMILES string of the molecule is CC(=O)Nc1ccc(C(=O)O)cc1.O=C=O. The predicted octanol–water partition coefficient (Wildman–Crippen LogP) is 0.760. The summed E-state index contributed by atoms with van der Waals surface area (Å²) in [5.41, 5.74) is 0.798. The van der Waals surface area contributed by atoms with E-state index in [1.807, 2.05) is 0 Å². The number of aromatic carboxylic acids is 1. The lowest BCUT2D eigenvalue weighted by molar-refractivity contribution is -0.191. The van der Waals surface area contributed by atoms with E-state index in [1.54, 1.807) is 12.1 Å². The Labute approximate surface area is 90.9 Å². The average Bonchev–Trinajstić information content (AvgIpc) is 2.18. The van der Waals surface area contributed by atoms with E-state index in [1.165, 1.54) is 19.1 Å². The largest absolute Gasteiger partial charge is 0.478 e. The first-order valence-electron chi connectivity index (χ1n) is 4.11. The molecule has 0 saturated heterocycles. The summed E-state index contributed by atoms with van der Waals surface area (Å²) in [6.45, 7) is 1.39. The van der Waals surface area contributed by atoms with Crippen LogP contribution in [0, 0.1) is 0 Å². The molecular formula is C10H9NO5. The fourth-order valence-electron chi connectivity index (χ4n) is 0.899. The van der Waals surface area contributed by atoms with E-state index in [-0.39, 0.29) is 17.6 Å². The number of anilines is 1. The van der Waals surface area contributed by atoms with Crippen molar-refractivity contribution in [2.75, 3.05) is 5.32 Å². The van der Waals surface area contributed by atoms with Crippen molar-refractivity contribution < 1.29 is 24.3 Å². The van der Waals surface area contributed by atoms with Gasteiger partial charge in [0, 0.05) is 12.6 Å². The highest BCUT2D eigenvalue weighted by molar-refractivity contribution is 5.91. The van der Waals surface area contributed by atoms with E-state index in [0.717, 1.165) is 0 Å². The number of rotatable bonds is 2. The normalized spacial score (nSPS) is 8.06. The predicted molar refractivity (Wildman–Crippen MR) is 52.7 cm³/mol. The molecule has 6 nitrogen and oxygen atoms in total. The van der Waals surface area contributed by atoms with Gasteiger partial charge in [-0.1, -0.05) is 0 Å². The van der Waals surface area contributed by atoms with Gasteiger partial charge in [0.2, 0.25) is 5.91 Å². The van der Waals surface area contributed by atoms with Crippen LogP contribution in [-0.2, 0) is 14.4 Å². The quantitative estimate of drug-likeness (QED) is 0.770. The van der Waals surface area contributed by atoms with Crippen molar-refractivity contribution >= 4 is 23.7 Å². The maximum atomic E-state index is 10.6. The van der Waals surface area contributed by atoms with Crippen LogP contribution in [0.1, 0.15) is 17.3 Å². The number of amides is 1. The van der Waals surface area contributed by atoms with Crippen molar-refractivity contribution in [2.45, 2.75) is 6.92 Å². The highest BCUT2D eigenvalue weighted by atomic mass is 16.4. The van der Waals surface area contributed by atoms with Crippen molar-refractivity contribution in [3.05, 3.63) is 29.8 Å². The Hall–Kier alpha value is -2.46. The molecular weight excluding hydrogens is 214 g/mol. The average molecular weight is 223 g/mol. The minimum absolute atomic E-state index is 0.178. The van der Waals surface area contributed by atoms with Crippen molar-refractivity contribution in [3.63, 3.8) is 0 Å². The van der Waals surface area contributed by atoms with Crippen molar-refractivity contribution in [2.24, 2.45) is 0 Å². The Morgan fingerprint density at radius 2 is 1.62 bits per heavy atom. The Morgan fingerprint density at radius 3 is 1.94 bits per heavy atom. The van der Waals surface area contributed by atoms with Crippen molar-refractivity contribution in [3.8, 4) is 0 Å². The molecule has 0 aromatic heterocycles. The molecule has 0 aliphatic heterocycles. The fourth-order valence-corrected chi connectivity index (χ4v) is 0.899. The lowest BCUT2D eigenvalue weighted by atomic mass is 10.2. The molecule has 0 unspecified atom stereocenters. The topological polar surface area (TPSA) is 101 Å². The second-order valence-corrected chi connectivity index (χ2v) is 2.65. The summed E-state index contributed by atoms with van der Waals surface area (Å²) in [6, 6.07) is 5.97. The van der Waals surface area contributed by atoms with Crippen LogP contribution >= 0.6 is 0 Å². The molecule has 1 aromatic rings. The van der Waals surface area contributed by atoms with Crippen molar-refractivity contribution in [1.29, 1.82) is 0 Å². The summed E-state index contributed by atoms with van der Waals surface area (Å²) in [5, 5.41) is 11.1. The Bertz CT molecular complexity index is 404. The smallest absolute Gasteiger partial charge is 0.373 e. The van der Waals surface area contributed by atoms with Gasteiger partial charge in [-0.15, -0.1) is 0 Å². The second kappa shape index (κ2) is 6.92. The molecule has 0 aliphatic rings. The van der Waals surface area contributed by atoms with Gasteiger partial charge in [0.15, 0.2) is 0 Å². The third kappa shape index (κ3) is 5.31. The summed E-state index contributed by atoms with van der Waals surface area (Å²) in [7, 11) is 0. The zero-order chi connectivity index (χ0) is 12.6. The molecule has 1 rings (SSSR count). The second-order valence-electron chi connectivity index (χ2n) is 2.65. The highest BCUT2D eigenvalue weighted by Gasteiger charge is 2.01. The van der Waals surface area contributed by atoms with Gasteiger partial charge in [0.1, 0.15) is 0 Å². The highest BCUT2D eigenvalue weighted by Crippen LogP contribution is 2.08. The van der Waals surface area contributed by atoms with Gasteiger partial charge in [0.25, 0.3) is 0 Å². The number of hydrogen-bond donors (Lipinski definition) is 2. The van der Waals surface area contributed by atoms with Crippen LogP contribution in [0.2, 0.25) is 0 Å². The van der Waals surface area contributed by atoms with Crippen LogP contribution in [0.3, 0.4) is 0 Å². The molecule has 6 heteroatoms. The van der Waals surface area contributed by atoms with E-state index in [4.69, 9.17) is 14.7 Å². The summed E-state index contributed by atoms with van der Waals surface area (Å²) < 4.78 is 0. The van der Waals surface area contributed by atoms with Gasteiger partial charge in [-0.2, -0.15) is 9.59 Å². The summed E-state index contributed by atoms with van der Waals surface area (Å²) in [4.78, 5) is 37.3. The van der Waals surface area contributed by atoms with Crippen LogP contribution in [-0.4, -0.2) is 23.1 Å². The third-order valence-corrected chi connectivity index (χ3v) is 1.45. The standard InChI is InChI=1S/C9H9NO3.CO2/c1-6(11)10-8-4-2-7(3-5-8)9(12)13;2-1-3/h2-5H,1H3,(H,10,11)(H,12,13);. The molecule has 1 aromatic carbocycles. The van der Waals surface area contributed by atoms with Gasteiger partial charge in [0.05, 0.1) is 5.56 Å². The summed E-state index contributed by atoms with van der Waals surface area (Å²) >= 11 is 0. The molecule has 0 saturated carbocycles. The molecule has 16 heavy (non-hydrogen) atoms. The van der Waals surface area contributed by atoms with E-state index < -0.39 is 5.97 Å². The summed E-state index contributed by atoms with van der Waals surface area (Å²) in [5.74, 6) is -1.16. The van der Waals surface area contributed by atoms with Crippen LogP contribution in [0.5, 0.6) is 0 Å². The monoisotopic (exact) mass is 223 g/mol. The number of hydrogen-bond acceptors (Lipinski definition) is 4. The minimum Gasteiger partial charge on any atom is -0.478 e. The van der Waals surface area contributed by atoms with Crippen LogP contribution in [0.15, 0.2) is 24.3 Å². The molecule has 0 atom stereocenters. The number of carbonyl (C=O) groups excluding carboxylic acids is 3. The third-order valence-electron chi connectivity index (χ3n) is 1.45. The molecule has 2 N–H and O–H groups in total. The van der Waals surface area contributed by atoms with Crippen LogP contribution < -0.4 is 5.32 Å². The van der Waals surface area contributed by atoms with Crippen LogP contribution in [0.25, 0.3) is 0 Å². The Kier molecular flexibility index (Phi) is 5.85. The van der Waals surface area contributed by atoms with Gasteiger partial charge in [-0.05, 0) is 24.3 Å². The lowest BCUT2D eigenvalue weighted by Gasteiger charge is -2.01. The number of carboxylic acid groups (broad SMARTS) is 1. The van der Waals surface area contributed by atoms with E-state index in [2.05, 4.69) is 5.32 Å². The number of carboxylic acids is 1. The van der Waals surface area contributed by atoms with Gasteiger partial charge >= 0.3 is 12.1 Å². The van der Waals surface area contributed by atoms with Gasteiger partial charge in [-0.25, -0.2) is 4.79 Å². The Morgan fingerprint density at radius 1 is 1.19 bits per heavy atom. The molecule has 0 heterocycles. The van der Waals surface area contributed by atoms with E-state index in [9.17, 15) is 9.59 Å². The van der Waals surface area contributed by atoms with E-state index in [0.29, 0.717) is 5.69 Å². The first-order valence-corrected chi connectivity index (χ1v) is 4.11. The van der Waals surface area contributed by atoms with E-state index >= 15 is 0 Å². The minimum atomic E-state index is -0.977. The maximum absolute atomic E-state index is 10.6. The van der Waals surface area contributed by atoms with Gasteiger partial charge in [-0.3, -0.25) is 4.79 Å². The molecule has 0 radical (unpaired) electrons. The maximum Gasteiger partial charge on any atom is 0.373 e. The first kappa shape index (κ1) is 13.5. The molecule has 0 spiro atoms. The Balaban J connectivity index is 0.000000673. The summed E-state index contributed by atoms with van der Waals surface area (Å²) in [6.07, 6.45) is 0.250. The molecule has 0 bridgehead atoms. The molecule has 0 fully saturated rings. The molecule has 0 aliphatic carbocycles. The van der Waals surface area contributed by atoms with Crippen molar-refractivity contribution in [1.82, 2.24) is 0 Å². The fraction of sp³-hybridized carbons (Fsp3) is 0.100. The zero-order valence-corrected chi connectivity index (χ0v) is 8.39. The number of carbonyl (C=O) groups is 2. The first-order chi connectivity index (χ1) is 7.51. The number of benzene rings is 1. The van der Waals surface area contributed by atoms with Crippen LogP contribution in [0.4, 0.5) is 5.69 Å².